The van der Waals surface area contributed by atoms with Gasteiger partial charge in [0.2, 0.25) is 5.91 Å². The molecule has 0 aromatic rings. The molecule has 0 radical (unpaired) electrons. The molecule has 0 aromatic heterocycles. The van der Waals surface area contributed by atoms with Crippen molar-refractivity contribution < 1.29 is 4.79 Å². The molecule has 0 heterocycles. The topological polar surface area (TPSA) is 72.4 Å². The Morgan fingerprint density at radius 2 is 1.61 bits per heavy atom. The van der Waals surface area contributed by atoms with Crippen LogP contribution in [0.25, 0.3) is 0 Å². The Morgan fingerprint density at radius 3 is 2.28 bits per heavy atom. The zero-order valence-electron chi connectivity index (χ0n) is 11.3. The molecule has 0 bridgehead atoms. The third-order valence-electron chi connectivity index (χ3n) is 4.59. The minimum absolute atomic E-state index is 0.210. The van der Waals surface area contributed by atoms with Crippen LogP contribution in [0.3, 0.4) is 0 Å². The summed E-state index contributed by atoms with van der Waals surface area (Å²) in [6.45, 7) is 0.392. The van der Waals surface area contributed by atoms with E-state index >= 15 is 0 Å². The molecule has 4 heteroatoms. The van der Waals surface area contributed by atoms with Crippen molar-refractivity contribution in [1.29, 1.82) is 0 Å². The number of nitrogens with two attached hydrogens (primary N) is 2. The average Bonchev–Trinajstić information content (AvgIpc) is 2.76. The van der Waals surface area contributed by atoms with Gasteiger partial charge in [-0.3, -0.25) is 9.69 Å². The van der Waals surface area contributed by atoms with E-state index in [9.17, 15) is 4.79 Å². The monoisotopic (exact) mass is 253 g/mol. The van der Waals surface area contributed by atoms with Crippen molar-refractivity contribution in [1.82, 2.24) is 4.90 Å². The zero-order chi connectivity index (χ0) is 13.0. The van der Waals surface area contributed by atoms with Gasteiger partial charge < -0.3 is 11.5 Å². The average molecular weight is 253 g/mol. The second-order valence-electron chi connectivity index (χ2n) is 5.95. The maximum atomic E-state index is 11.3. The lowest BCUT2D eigenvalue weighted by Crippen LogP contribution is -2.53. The molecule has 104 valence electrons. The first-order valence-corrected chi connectivity index (χ1v) is 7.48. The number of amides is 1. The number of primary amides is 1. The van der Waals surface area contributed by atoms with E-state index < -0.39 is 0 Å². The van der Waals surface area contributed by atoms with Crippen molar-refractivity contribution in [3.05, 3.63) is 0 Å². The highest BCUT2D eigenvalue weighted by molar-refractivity contribution is 5.76. The molecule has 0 aromatic carbocycles. The van der Waals surface area contributed by atoms with Gasteiger partial charge in [0, 0.05) is 18.1 Å². The van der Waals surface area contributed by atoms with Gasteiger partial charge in [0.15, 0.2) is 0 Å². The van der Waals surface area contributed by atoms with E-state index in [1.807, 2.05) is 0 Å². The van der Waals surface area contributed by atoms with E-state index in [4.69, 9.17) is 11.5 Å². The molecule has 18 heavy (non-hydrogen) atoms. The molecule has 2 aliphatic carbocycles. The number of hydrogen-bond acceptors (Lipinski definition) is 3. The van der Waals surface area contributed by atoms with Crippen LogP contribution in [0.15, 0.2) is 0 Å². The van der Waals surface area contributed by atoms with E-state index in [0.29, 0.717) is 18.6 Å². The van der Waals surface area contributed by atoms with Crippen LogP contribution in [0.1, 0.15) is 57.8 Å². The highest BCUT2D eigenvalue weighted by atomic mass is 16.1. The Bertz CT molecular complexity index is 276. The first kappa shape index (κ1) is 13.8. The number of carbonyl (C=O) groups excluding carboxylic acids is 1. The Morgan fingerprint density at radius 1 is 1.00 bits per heavy atom. The Hall–Kier alpha value is -0.610. The molecule has 1 amide bonds. The van der Waals surface area contributed by atoms with E-state index in [-0.39, 0.29) is 11.9 Å². The third-order valence-corrected chi connectivity index (χ3v) is 4.59. The zero-order valence-corrected chi connectivity index (χ0v) is 11.3. The minimum Gasteiger partial charge on any atom is -0.369 e. The van der Waals surface area contributed by atoms with Gasteiger partial charge in [0.25, 0.3) is 0 Å². The minimum atomic E-state index is -0.210. The van der Waals surface area contributed by atoms with Crippen LogP contribution in [0.5, 0.6) is 0 Å². The fourth-order valence-electron chi connectivity index (χ4n) is 3.66. The van der Waals surface area contributed by atoms with Crippen molar-refractivity contribution in [2.24, 2.45) is 11.5 Å². The maximum Gasteiger partial charge on any atom is 0.231 e. The molecule has 4 N–H and O–H groups in total. The normalized spacial score (nSPS) is 30.6. The van der Waals surface area contributed by atoms with Crippen LogP contribution in [0.2, 0.25) is 0 Å². The lowest BCUT2D eigenvalue weighted by Gasteiger charge is -2.38. The lowest BCUT2D eigenvalue weighted by molar-refractivity contribution is -0.120. The van der Waals surface area contributed by atoms with Gasteiger partial charge in [-0.2, -0.15) is 0 Å². The molecule has 2 aliphatic rings. The molecule has 2 rings (SSSR count). The van der Waals surface area contributed by atoms with Crippen LogP contribution in [0.4, 0.5) is 0 Å². The van der Waals surface area contributed by atoms with E-state index in [1.54, 1.807) is 0 Å². The summed E-state index contributed by atoms with van der Waals surface area (Å²) in [4.78, 5) is 13.7. The molecule has 0 aliphatic heterocycles. The summed E-state index contributed by atoms with van der Waals surface area (Å²) in [6.07, 6.45) is 10.9. The number of nitrogens with zero attached hydrogens (tertiary/aromatic N) is 1. The maximum absolute atomic E-state index is 11.3. The van der Waals surface area contributed by atoms with E-state index in [0.717, 1.165) is 12.8 Å². The second kappa shape index (κ2) is 6.53. The van der Waals surface area contributed by atoms with Crippen molar-refractivity contribution in [2.75, 3.05) is 6.54 Å². The van der Waals surface area contributed by atoms with Gasteiger partial charge in [-0.25, -0.2) is 0 Å². The van der Waals surface area contributed by atoms with Crippen LogP contribution in [-0.2, 0) is 4.79 Å². The molecule has 0 spiro atoms. The van der Waals surface area contributed by atoms with Gasteiger partial charge in [-0.05, 0) is 25.7 Å². The molecule has 2 atom stereocenters. The summed E-state index contributed by atoms with van der Waals surface area (Å²) in [5.74, 6) is -0.210. The molecule has 2 unspecified atom stereocenters. The number of carbonyl (C=O) groups is 1. The molecule has 2 saturated carbocycles. The van der Waals surface area contributed by atoms with Crippen LogP contribution < -0.4 is 11.5 Å². The molecule has 0 saturated heterocycles. The third kappa shape index (κ3) is 3.45. The summed E-state index contributed by atoms with van der Waals surface area (Å²) in [7, 11) is 0. The van der Waals surface area contributed by atoms with Gasteiger partial charge in [0.05, 0.1) is 6.54 Å². The van der Waals surface area contributed by atoms with Gasteiger partial charge in [-0.15, -0.1) is 0 Å². The molecule has 4 nitrogen and oxygen atoms in total. The van der Waals surface area contributed by atoms with Crippen LogP contribution >= 0.6 is 0 Å². The second-order valence-corrected chi connectivity index (χ2v) is 5.95. The Balaban J connectivity index is 2.07. The predicted molar refractivity (Wildman–Crippen MR) is 73.0 cm³/mol. The molecular weight excluding hydrogens is 226 g/mol. The first-order valence-electron chi connectivity index (χ1n) is 7.48. The predicted octanol–water partition coefficient (Wildman–Crippen LogP) is 1.38. The molecule has 2 fully saturated rings. The van der Waals surface area contributed by atoms with Crippen molar-refractivity contribution in [2.45, 2.75) is 75.9 Å². The standard InChI is InChI=1S/C14H27N3O/c15-12-8-2-1-3-9-13(12)17(10-14(16)18)11-6-4-5-7-11/h11-13H,1-10,15H2,(H2,16,18). The fourth-order valence-corrected chi connectivity index (χ4v) is 3.66. The fraction of sp³-hybridized carbons (Fsp3) is 0.929. The van der Waals surface area contributed by atoms with Gasteiger partial charge >= 0.3 is 0 Å². The van der Waals surface area contributed by atoms with Crippen molar-refractivity contribution in [3.63, 3.8) is 0 Å². The number of hydrogen-bond donors (Lipinski definition) is 2. The summed E-state index contributed by atoms with van der Waals surface area (Å²) in [5, 5.41) is 0. The summed E-state index contributed by atoms with van der Waals surface area (Å²) in [5.41, 5.74) is 11.8. The molecular formula is C14H27N3O. The summed E-state index contributed by atoms with van der Waals surface area (Å²) < 4.78 is 0. The van der Waals surface area contributed by atoms with Crippen LogP contribution in [0, 0.1) is 0 Å². The highest BCUT2D eigenvalue weighted by Gasteiger charge is 2.33. The van der Waals surface area contributed by atoms with Crippen molar-refractivity contribution in [3.8, 4) is 0 Å². The Kier molecular flexibility index (Phi) is 5.01. The number of rotatable bonds is 4. The van der Waals surface area contributed by atoms with Crippen LogP contribution in [-0.4, -0.2) is 35.5 Å². The van der Waals surface area contributed by atoms with Gasteiger partial charge in [0.1, 0.15) is 0 Å². The van der Waals surface area contributed by atoms with Crippen molar-refractivity contribution >= 4 is 5.91 Å². The summed E-state index contributed by atoms with van der Waals surface area (Å²) in [6, 6.07) is 1.11. The first-order chi connectivity index (χ1) is 8.68. The van der Waals surface area contributed by atoms with Gasteiger partial charge in [-0.1, -0.05) is 32.1 Å². The summed E-state index contributed by atoms with van der Waals surface area (Å²) >= 11 is 0. The SMILES string of the molecule is NC(=O)CN(C1CCCC1)C1CCCCCC1N. The Labute approximate surface area is 110 Å². The smallest absolute Gasteiger partial charge is 0.231 e. The quantitative estimate of drug-likeness (QED) is 0.743. The van der Waals surface area contributed by atoms with E-state index in [1.165, 1.54) is 44.9 Å². The highest BCUT2D eigenvalue weighted by Crippen LogP contribution is 2.29. The lowest BCUT2D eigenvalue weighted by atomic mass is 9.99. The van der Waals surface area contributed by atoms with E-state index in [2.05, 4.69) is 4.90 Å². The largest absolute Gasteiger partial charge is 0.369 e.